The number of alkyl halides is 3. The normalized spacial score (nSPS) is 11.4. The molecule has 0 spiro atoms. The van der Waals surface area contributed by atoms with E-state index in [2.05, 4.69) is 4.98 Å². The van der Waals surface area contributed by atoms with Crippen LogP contribution in [-0.4, -0.2) is 10.8 Å². The molecule has 2 aromatic rings. The van der Waals surface area contributed by atoms with Crippen molar-refractivity contribution in [1.82, 2.24) is 4.98 Å². The second kappa shape index (κ2) is 5.07. The Morgan fingerprint density at radius 1 is 1.05 bits per heavy atom. The highest BCUT2D eigenvalue weighted by Crippen LogP contribution is 2.31. The van der Waals surface area contributed by atoms with Gasteiger partial charge in [0.05, 0.1) is 5.56 Å². The van der Waals surface area contributed by atoms with Crippen LogP contribution in [0.15, 0.2) is 36.7 Å². The number of rotatable bonds is 2. The second-order valence-electron chi connectivity index (χ2n) is 4.55. The molecule has 0 saturated heterocycles. The highest BCUT2D eigenvalue weighted by atomic mass is 19.4. The maximum Gasteiger partial charge on any atom is 0.416 e. The number of halogens is 3. The van der Waals surface area contributed by atoms with E-state index in [9.17, 15) is 18.0 Å². The molecule has 1 heterocycles. The molecule has 0 unspecified atom stereocenters. The van der Waals surface area contributed by atoms with E-state index in [1.54, 1.807) is 19.2 Å². The fourth-order valence-corrected chi connectivity index (χ4v) is 1.97. The largest absolute Gasteiger partial charge is 0.416 e. The van der Waals surface area contributed by atoms with Crippen molar-refractivity contribution in [3.63, 3.8) is 0 Å². The topological polar surface area (TPSA) is 30.0 Å². The van der Waals surface area contributed by atoms with Crippen LogP contribution >= 0.6 is 0 Å². The molecule has 0 aliphatic carbocycles. The molecule has 0 saturated carbocycles. The number of carbonyl (C=O) groups is 1. The van der Waals surface area contributed by atoms with Crippen LogP contribution in [0, 0.1) is 13.8 Å². The molecule has 0 aliphatic rings. The SMILES string of the molecule is Cc1cnccc1C(=O)c1ccc(C(F)(F)F)cc1C. The van der Waals surface area contributed by atoms with E-state index in [-0.39, 0.29) is 11.3 Å². The van der Waals surface area contributed by atoms with Crippen molar-refractivity contribution in [3.8, 4) is 0 Å². The summed E-state index contributed by atoms with van der Waals surface area (Å²) >= 11 is 0. The Hall–Kier alpha value is -2.17. The van der Waals surface area contributed by atoms with Crippen molar-refractivity contribution in [2.75, 3.05) is 0 Å². The predicted molar refractivity (Wildman–Crippen MR) is 68.6 cm³/mol. The van der Waals surface area contributed by atoms with Crippen molar-refractivity contribution in [2.45, 2.75) is 20.0 Å². The lowest BCUT2D eigenvalue weighted by atomic mass is 9.96. The quantitative estimate of drug-likeness (QED) is 0.779. The standard InChI is InChI=1S/C15H12F3NO/c1-9-7-11(15(16,17)18)3-4-12(9)14(20)13-5-6-19-8-10(13)2/h3-8H,1-2H3. The highest BCUT2D eigenvalue weighted by Gasteiger charge is 2.31. The number of nitrogens with zero attached hydrogens (tertiary/aromatic N) is 1. The summed E-state index contributed by atoms with van der Waals surface area (Å²) in [6.45, 7) is 3.23. The molecule has 0 fully saturated rings. The first kappa shape index (κ1) is 14.2. The monoisotopic (exact) mass is 279 g/mol. The van der Waals surface area contributed by atoms with Gasteiger partial charge in [-0.3, -0.25) is 9.78 Å². The van der Waals surface area contributed by atoms with E-state index in [0.717, 1.165) is 12.1 Å². The molecule has 20 heavy (non-hydrogen) atoms. The average Bonchev–Trinajstić information content (AvgIpc) is 2.37. The van der Waals surface area contributed by atoms with Gasteiger partial charge in [0.15, 0.2) is 5.78 Å². The van der Waals surface area contributed by atoms with Crippen LogP contribution in [-0.2, 0) is 6.18 Å². The van der Waals surface area contributed by atoms with E-state index in [4.69, 9.17) is 0 Å². The molecular weight excluding hydrogens is 267 g/mol. The predicted octanol–water partition coefficient (Wildman–Crippen LogP) is 3.95. The van der Waals surface area contributed by atoms with Gasteiger partial charge in [0.25, 0.3) is 0 Å². The molecule has 0 amide bonds. The summed E-state index contributed by atoms with van der Waals surface area (Å²) in [6, 6.07) is 4.70. The van der Waals surface area contributed by atoms with Gasteiger partial charge < -0.3 is 0 Å². The number of carbonyl (C=O) groups excluding carboxylic acids is 1. The summed E-state index contributed by atoms with van der Waals surface area (Å²) in [5, 5.41) is 0. The summed E-state index contributed by atoms with van der Waals surface area (Å²) in [7, 11) is 0. The van der Waals surface area contributed by atoms with E-state index >= 15 is 0 Å². The van der Waals surface area contributed by atoms with Gasteiger partial charge >= 0.3 is 6.18 Å². The molecule has 0 atom stereocenters. The third kappa shape index (κ3) is 2.71. The van der Waals surface area contributed by atoms with Gasteiger partial charge in [-0.15, -0.1) is 0 Å². The maximum atomic E-state index is 12.6. The summed E-state index contributed by atoms with van der Waals surface area (Å²) in [4.78, 5) is 16.2. The number of hydrogen-bond donors (Lipinski definition) is 0. The third-order valence-corrected chi connectivity index (χ3v) is 3.06. The lowest BCUT2D eigenvalue weighted by Crippen LogP contribution is -2.09. The van der Waals surface area contributed by atoms with Crippen LogP contribution < -0.4 is 0 Å². The van der Waals surface area contributed by atoms with Crippen LogP contribution in [0.1, 0.15) is 32.6 Å². The summed E-state index contributed by atoms with van der Waals surface area (Å²) in [5.41, 5.74) is 0.964. The third-order valence-electron chi connectivity index (χ3n) is 3.06. The fourth-order valence-electron chi connectivity index (χ4n) is 1.97. The van der Waals surface area contributed by atoms with E-state index in [1.807, 2.05) is 0 Å². The number of hydrogen-bond acceptors (Lipinski definition) is 2. The lowest BCUT2D eigenvalue weighted by Gasteiger charge is -2.11. The van der Waals surface area contributed by atoms with Gasteiger partial charge in [-0.2, -0.15) is 13.2 Å². The number of aryl methyl sites for hydroxylation is 2. The molecule has 2 rings (SSSR count). The zero-order valence-corrected chi connectivity index (χ0v) is 11.0. The lowest BCUT2D eigenvalue weighted by molar-refractivity contribution is -0.137. The Kier molecular flexibility index (Phi) is 3.61. The molecule has 1 aromatic carbocycles. The molecule has 0 aliphatic heterocycles. The van der Waals surface area contributed by atoms with Crippen molar-refractivity contribution in [2.24, 2.45) is 0 Å². The van der Waals surface area contributed by atoms with Crippen molar-refractivity contribution >= 4 is 5.78 Å². The van der Waals surface area contributed by atoms with Crippen LogP contribution in [0.5, 0.6) is 0 Å². The van der Waals surface area contributed by atoms with Gasteiger partial charge in [0, 0.05) is 23.5 Å². The van der Waals surface area contributed by atoms with Gasteiger partial charge in [0.2, 0.25) is 0 Å². The molecule has 5 heteroatoms. The van der Waals surface area contributed by atoms with Crippen LogP contribution in [0.3, 0.4) is 0 Å². The number of benzene rings is 1. The Morgan fingerprint density at radius 3 is 2.25 bits per heavy atom. The zero-order chi connectivity index (χ0) is 14.9. The van der Waals surface area contributed by atoms with Gasteiger partial charge in [0.1, 0.15) is 0 Å². The molecular formula is C15H12F3NO. The minimum atomic E-state index is -4.40. The molecule has 0 N–H and O–H groups in total. The summed E-state index contributed by atoms with van der Waals surface area (Å²) in [5.74, 6) is -0.295. The summed E-state index contributed by atoms with van der Waals surface area (Å²) < 4.78 is 37.8. The number of aromatic nitrogens is 1. The van der Waals surface area contributed by atoms with E-state index in [0.29, 0.717) is 16.7 Å². The Balaban J connectivity index is 2.45. The van der Waals surface area contributed by atoms with E-state index < -0.39 is 11.7 Å². The van der Waals surface area contributed by atoms with Gasteiger partial charge in [-0.05, 0) is 43.2 Å². The second-order valence-corrected chi connectivity index (χ2v) is 4.55. The van der Waals surface area contributed by atoms with Gasteiger partial charge in [-0.25, -0.2) is 0 Å². The number of ketones is 1. The van der Waals surface area contributed by atoms with Crippen LogP contribution in [0.2, 0.25) is 0 Å². The van der Waals surface area contributed by atoms with E-state index in [1.165, 1.54) is 19.2 Å². The maximum absolute atomic E-state index is 12.6. The van der Waals surface area contributed by atoms with Crippen LogP contribution in [0.25, 0.3) is 0 Å². The first-order chi connectivity index (χ1) is 9.30. The van der Waals surface area contributed by atoms with Crippen LogP contribution in [0.4, 0.5) is 13.2 Å². The Labute approximate surface area is 114 Å². The Bertz CT molecular complexity index is 662. The molecule has 0 bridgehead atoms. The van der Waals surface area contributed by atoms with Gasteiger partial charge in [-0.1, -0.05) is 6.07 Å². The first-order valence-electron chi connectivity index (χ1n) is 5.94. The average molecular weight is 279 g/mol. The smallest absolute Gasteiger partial charge is 0.289 e. The minimum Gasteiger partial charge on any atom is -0.289 e. The zero-order valence-electron chi connectivity index (χ0n) is 11.0. The molecule has 2 nitrogen and oxygen atoms in total. The van der Waals surface area contributed by atoms with Crippen molar-refractivity contribution < 1.29 is 18.0 Å². The van der Waals surface area contributed by atoms with Crippen molar-refractivity contribution in [3.05, 3.63) is 64.5 Å². The highest BCUT2D eigenvalue weighted by molar-refractivity contribution is 6.10. The minimum absolute atomic E-state index is 0.271. The fraction of sp³-hybridized carbons (Fsp3) is 0.200. The molecule has 104 valence electrons. The Morgan fingerprint density at radius 2 is 1.70 bits per heavy atom. The number of pyridine rings is 1. The molecule has 0 radical (unpaired) electrons. The molecule has 1 aromatic heterocycles. The summed E-state index contributed by atoms with van der Waals surface area (Å²) in [6.07, 6.45) is -1.37. The van der Waals surface area contributed by atoms with Crippen molar-refractivity contribution in [1.29, 1.82) is 0 Å². The first-order valence-corrected chi connectivity index (χ1v) is 5.94.